The van der Waals surface area contributed by atoms with Gasteiger partial charge < -0.3 is 13.6 Å². The molecule has 1 N–H and O–H groups in total. The molecule has 3 atom stereocenters. The number of carbonyl (C=O) groups is 1. The standard InChI is InChI=1S/C22H40N2O6Si2/c1-20(2,3)31(7,8)28-15-22(14-25)16(30-32(9,10)21(4,5)6)13-18(29-22)24-12-11-17(26)23-19(24)27/h11-12,14,16,18H,13,15H2,1-10H3,(H,23,26,27)/t16?,18-,22-/m1/s1. The SMILES string of the molecule is CC(C)(C)[Si](C)(C)OC[C@@]1(C=O)O[C@@H](n2ccc(=O)[nH]c2=O)CC1O[Si](C)(C)C(C)(C)C. The molecule has 0 radical (unpaired) electrons. The van der Waals surface area contributed by atoms with Crippen molar-refractivity contribution >= 4 is 22.9 Å². The molecular weight excluding hydrogens is 444 g/mol. The lowest BCUT2D eigenvalue weighted by molar-refractivity contribution is -0.149. The van der Waals surface area contributed by atoms with Gasteiger partial charge in [0.2, 0.25) is 0 Å². The molecule has 10 heteroatoms. The van der Waals surface area contributed by atoms with Crippen molar-refractivity contribution in [2.45, 2.75) is 102 Å². The Hall–Kier alpha value is -1.34. The molecule has 1 aromatic rings. The molecule has 32 heavy (non-hydrogen) atoms. The van der Waals surface area contributed by atoms with Crippen molar-refractivity contribution in [3.05, 3.63) is 33.1 Å². The third-order valence-electron chi connectivity index (χ3n) is 7.38. The average molecular weight is 485 g/mol. The van der Waals surface area contributed by atoms with Crippen LogP contribution in [0.4, 0.5) is 0 Å². The van der Waals surface area contributed by atoms with Crippen LogP contribution in [-0.2, 0) is 18.4 Å². The summed E-state index contributed by atoms with van der Waals surface area (Å²) in [6.07, 6.45) is 1.15. The number of hydrogen-bond donors (Lipinski definition) is 1. The van der Waals surface area contributed by atoms with Gasteiger partial charge >= 0.3 is 5.69 Å². The van der Waals surface area contributed by atoms with Gasteiger partial charge in [0.05, 0.1) is 12.7 Å². The quantitative estimate of drug-likeness (QED) is 0.467. The summed E-state index contributed by atoms with van der Waals surface area (Å²) in [4.78, 5) is 38.7. The molecule has 2 heterocycles. The van der Waals surface area contributed by atoms with Gasteiger partial charge in [-0.3, -0.25) is 19.1 Å². The van der Waals surface area contributed by atoms with Crippen LogP contribution in [0.25, 0.3) is 0 Å². The first kappa shape index (κ1) is 26.9. The number of nitrogens with one attached hydrogen (secondary N) is 1. The average Bonchev–Trinajstić information content (AvgIpc) is 2.96. The number of ether oxygens (including phenoxy) is 1. The zero-order valence-corrected chi connectivity index (χ0v) is 23.2. The van der Waals surface area contributed by atoms with E-state index in [0.29, 0.717) is 6.42 Å². The van der Waals surface area contributed by atoms with E-state index >= 15 is 0 Å². The molecule has 0 bridgehead atoms. The van der Waals surface area contributed by atoms with Crippen molar-refractivity contribution in [2.24, 2.45) is 0 Å². The normalized spacial score (nSPS) is 25.2. The van der Waals surface area contributed by atoms with E-state index in [1.807, 2.05) is 0 Å². The van der Waals surface area contributed by atoms with Crippen LogP contribution < -0.4 is 11.2 Å². The number of aldehydes is 1. The van der Waals surface area contributed by atoms with Crippen LogP contribution in [0.1, 0.15) is 54.2 Å². The van der Waals surface area contributed by atoms with E-state index in [9.17, 15) is 14.4 Å². The molecule has 0 aliphatic carbocycles. The Morgan fingerprint density at radius 1 is 1.12 bits per heavy atom. The summed E-state index contributed by atoms with van der Waals surface area (Å²) < 4.78 is 20.6. The highest BCUT2D eigenvalue weighted by Crippen LogP contribution is 2.45. The molecule has 1 aromatic heterocycles. The number of H-pyrrole nitrogens is 1. The van der Waals surface area contributed by atoms with E-state index in [2.05, 4.69) is 72.7 Å². The number of rotatable bonds is 7. The van der Waals surface area contributed by atoms with Crippen molar-refractivity contribution in [3.63, 3.8) is 0 Å². The second-order valence-electron chi connectivity index (χ2n) is 11.8. The van der Waals surface area contributed by atoms with Crippen molar-refractivity contribution in [1.29, 1.82) is 0 Å². The second kappa shape index (κ2) is 8.79. The van der Waals surface area contributed by atoms with Crippen molar-refractivity contribution < 1.29 is 18.4 Å². The van der Waals surface area contributed by atoms with Gasteiger partial charge in [0.1, 0.15) is 6.23 Å². The smallest absolute Gasteiger partial charge is 0.330 e. The van der Waals surface area contributed by atoms with Crippen LogP contribution in [-0.4, -0.2) is 50.8 Å². The second-order valence-corrected chi connectivity index (χ2v) is 21.4. The highest BCUT2D eigenvalue weighted by atomic mass is 28.4. The maximum Gasteiger partial charge on any atom is 0.330 e. The van der Waals surface area contributed by atoms with Gasteiger partial charge in [-0.25, -0.2) is 4.79 Å². The minimum Gasteiger partial charge on any atom is -0.413 e. The van der Waals surface area contributed by atoms with E-state index in [0.717, 1.165) is 6.29 Å². The fourth-order valence-electron chi connectivity index (χ4n) is 3.04. The van der Waals surface area contributed by atoms with Crippen LogP contribution in [0, 0.1) is 0 Å². The number of nitrogens with zero attached hydrogens (tertiary/aromatic N) is 1. The summed E-state index contributed by atoms with van der Waals surface area (Å²) in [6.45, 7) is 21.3. The van der Waals surface area contributed by atoms with Crippen LogP contribution in [0.15, 0.2) is 21.9 Å². The van der Waals surface area contributed by atoms with Gasteiger partial charge in [-0.05, 0) is 36.3 Å². The fourth-order valence-corrected chi connectivity index (χ4v) is 5.42. The van der Waals surface area contributed by atoms with Crippen molar-refractivity contribution in [2.75, 3.05) is 6.61 Å². The maximum absolute atomic E-state index is 12.6. The fraction of sp³-hybridized carbons (Fsp3) is 0.773. The first-order valence-corrected chi connectivity index (χ1v) is 16.9. The molecule has 2 rings (SSSR count). The highest BCUT2D eigenvalue weighted by molar-refractivity contribution is 6.74. The zero-order valence-electron chi connectivity index (χ0n) is 21.2. The number of aromatic amines is 1. The van der Waals surface area contributed by atoms with E-state index in [1.165, 1.54) is 16.8 Å². The Morgan fingerprint density at radius 3 is 2.16 bits per heavy atom. The Balaban J connectivity index is 2.46. The Labute approximate surface area is 192 Å². The summed E-state index contributed by atoms with van der Waals surface area (Å²) >= 11 is 0. The lowest BCUT2D eigenvalue weighted by Gasteiger charge is -2.43. The number of hydrogen-bond acceptors (Lipinski definition) is 6. The minimum atomic E-state index is -2.27. The first-order chi connectivity index (χ1) is 14.4. The maximum atomic E-state index is 12.6. The molecule has 1 aliphatic rings. The third-order valence-corrected chi connectivity index (χ3v) is 16.3. The predicted octanol–water partition coefficient (Wildman–Crippen LogP) is 3.81. The topological polar surface area (TPSA) is 99.6 Å². The molecule has 1 fully saturated rings. The van der Waals surface area contributed by atoms with Crippen LogP contribution >= 0.6 is 0 Å². The van der Waals surface area contributed by atoms with Crippen LogP contribution in [0.3, 0.4) is 0 Å². The van der Waals surface area contributed by atoms with Gasteiger partial charge in [-0.2, -0.15) is 0 Å². The number of aromatic nitrogens is 2. The summed E-state index contributed by atoms with van der Waals surface area (Å²) in [7, 11) is -4.45. The molecule has 1 saturated heterocycles. The molecule has 182 valence electrons. The van der Waals surface area contributed by atoms with Crippen molar-refractivity contribution in [3.8, 4) is 0 Å². The van der Waals surface area contributed by atoms with Gasteiger partial charge in [-0.1, -0.05) is 41.5 Å². The molecule has 0 spiro atoms. The van der Waals surface area contributed by atoms with Gasteiger partial charge in [0.25, 0.3) is 5.56 Å². The van der Waals surface area contributed by atoms with Gasteiger partial charge in [0, 0.05) is 18.7 Å². The molecular formula is C22H40N2O6Si2. The Kier molecular flexibility index (Phi) is 7.39. The summed E-state index contributed by atoms with van der Waals surface area (Å²) in [6, 6.07) is 1.27. The Bertz CT molecular complexity index is 941. The molecule has 0 amide bonds. The summed E-state index contributed by atoms with van der Waals surface area (Å²) in [5, 5.41) is -0.116. The van der Waals surface area contributed by atoms with E-state index in [-0.39, 0.29) is 16.7 Å². The van der Waals surface area contributed by atoms with Crippen molar-refractivity contribution in [1.82, 2.24) is 9.55 Å². The van der Waals surface area contributed by atoms with Crippen LogP contribution in [0.2, 0.25) is 36.3 Å². The van der Waals surface area contributed by atoms with Gasteiger partial charge in [-0.15, -0.1) is 0 Å². The predicted molar refractivity (Wildman–Crippen MR) is 130 cm³/mol. The highest BCUT2D eigenvalue weighted by Gasteiger charge is 2.55. The Morgan fingerprint density at radius 2 is 1.69 bits per heavy atom. The molecule has 1 aliphatic heterocycles. The molecule has 8 nitrogen and oxygen atoms in total. The van der Waals surface area contributed by atoms with Gasteiger partial charge in [0.15, 0.2) is 28.5 Å². The lowest BCUT2D eigenvalue weighted by Crippen LogP contribution is -2.55. The third kappa shape index (κ3) is 5.41. The lowest BCUT2D eigenvalue weighted by atomic mass is 10.00. The molecule has 0 aromatic carbocycles. The molecule has 0 saturated carbocycles. The van der Waals surface area contributed by atoms with E-state index in [4.69, 9.17) is 13.6 Å². The first-order valence-electron chi connectivity index (χ1n) is 11.1. The zero-order chi connectivity index (χ0) is 24.8. The summed E-state index contributed by atoms with van der Waals surface area (Å²) in [5.74, 6) is 0. The minimum absolute atomic E-state index is 0.0410. The molecule has 1 unspecified atom stereocenters. The van der Waals surface area contributed by atoms with E-state index in [1.54, 1.807) is 0 Å². The van der Waals surface area contributed by atoms with E-state index < -0.39 is 45.8 Å². The summed E-state index contributed by atoms with van der Waals surface area (Å²) in [5.41, 5.74) is -2.41. The largest absolute Gasteiger partial charge is 0.413 e. The number of carbonyl (C=O) groups excluding carboxylic acids is 1. The monoisotopic (exact) mass is 484 g/mol. The van der Waals surface area contributed by atoms with Crippen LogP contribution in [0.5, 0.6) is 0 Å².